The van der Waals surface area contributed by atoms with E-state index in [0.717, 1.165) is 29.7 Å². The zero-order chi connectivity index (χ0) is 27.9. The molecule has 208 valence electrons. The predicted octanol–water partition coefficient (Wildman–Crippen LogP) is 3.11. The summed E-state index contributed by atoms with van der Waals surface area (Å²) in [6, 6.07) is 5.19. The molecule has 3 aromatic rings. The first-order valence-corrected chi connectivity index (χ1v) is 13.1. The Bertz CT molecular complexity index is 1250. The molecule has 2 aromatic heterocycles. The normalized spacial score (nSPS) is 12.6. The van der Waals surface area contributed by atoms with E-state index in [-0.39, 0.29) is 17.7 Å². The molecular formula is C27H41N7O4. The van der Waals surface area contributed by atoms with Crippen LogP contribution in [0.2, 0.25) is 0 Å². The number of unbranched alkanes of at least 4 members (excludes halogenated alkanes) is 1. The lowest BCUT2D eigenvalue weighted by Crippen LogP contribution is -2.52. The molecule has 38 heavy (non-hydrogen) atoms. The van der Waals surface area contributed by atoms with E-state index in [1.54, 1.807) is 7.11 Å². The number of carbonyl (C=O) groups excluding carboxylic acids is 2. The third-order valence-electron chi connectivity index (χ3n) is 6.13. The predicted molar refractivity (Wildman–Crippen MR) is 147 cm³/mol. The van der Waals surface area contributed by atoms with Crippen molar-refractivity contribution in [2.24, 2.45) is 11.3 Å². The van der Waals surface area contributed by atoms with Gasteiger partial charge in [0.25, 0.3) is 0 Å². The fourth-order valence-electron chi connectivity index (χ4n) is 3.88. The minimum Gasteiger partial charge on any atom is -0.491 e. The second-order valence-electron chi connectivity index (χ2n) is 10.7. The Labute approximate surface area is 224 Å². The maximum atomic E-state index is 12.7. The maximum absolute atomic E-state index is 12.7. The van der Waals surface area contributed by atoms with Gasteiger partial charge in [-0.1, -0.05) is 34.6 Å². The molecule has 0 saturated carbocycles. The van der Waals surface area contributed by atoms with Gasteiger partial charge in [0, 0.05) is 31.7 Å². The Morgan fingerprint density at radius 1 is 1.08 bits per heavy atom. The lowest BCUT2D eigenvalue weighted by atomic mass is 9.93. The second-order valence-corrected chi connectivity index (χ2v) is 10.7. The quantitative estimate of drug-likeness (QED) is 0.289. The maximum Gasteiger partial charge on any atom is 0.242 e. The van der Waals surface area contributed by atoms with Gasteiger partial charge in [0.2, 0.25) is 17.5 Å². The van der Waals surface area contributed by atoms with Crippen molar-refractivity contribution in [1.82, 2.24) is 30.2 Å². The highest BCUT2D eigenvalue weighted by Gasteiger charge is 2.29. The number of anilines is 1. The van der Waals surface area contributed by atoms with E-state index in [2.05, 4.69) is 26.1 Å². The molecule has 0 aliphatic rings. The molecular weight excluding hydrogens is 486 g/mol. The molecule has 2 heterocycles. The summed E-state index contributed by atoms with van der Waals surface area (Å²) in [5, 5.41) is 17.8. The number of benzene rings is 1. The topological polar surface area (TPSA) is 132 Å². The highest BCUT2D eigenvalue weighted by atomic mass is 16.5. The first kappa shape index (κ1) is 29.1. The smallest absolute Gasteiger partial charge is 0.242 e. The monoisotopic (exact) mass is 527 g/mol. The summed E-state index contributed by atoms with van der Waals surface area (Å²) in [7, 11) is 1.64. The number of carbonyl (C=O) groups is 2. The molecule has 0 radical (unpaired) electrons. The van der Waals surface area contributed by atoms with Crippen molar-refractivity contribution in [3.8, 4) is 5.75 Å². The van der Waals surface area contributed by atoms with E-state index in [9.17, 15) is 9.59 Å². The highest BCUT2D eigenvalue weighted by Crippen LogP contribution is 2.25. The molecule has 0 aliphatic carbocycles. The number of amides is 2. The first-order chi connectivity index (χ1) is 18.0. The number of hydrogen-bond acceptors (Lipinski definition) is 8. The van der Waals surface area contributed by atoms with Crippen molar-refractivity contribution >= 4 is 34.3 Å². The van der Waals surface area contributed by atoms with Crippen LogP contribution in [0.15, 0.2) is 18.2 Å². The summed E-state index contributed by atoms with van der Waals surface area (Å²) in [6.07, 6.45) is 1.57. The standard InChI is InChI=1S/C27H41N7O4/c1-17(2)22(31-26(36)27(4,5)6)25(35)29-13-9-8-12-28-23-24-33-32-18(3)34(24)21-11-10-19(16-20(21)30-23)38-15-14-37-7/h10-11,16-17,22H,8-9,12-15H2,1-7H3,(H,28,30)(H,29,35)(H,31,36). The summed E-state index contributed by atoms with van der Waals surface area (Å²) in [5.41, 5.74) is 1.77. The molecule has 0 fully saturated rings. The molecule has 11 heteroatoms. The number of rotatable bonds is 13. The molecule has 1 atom stereocenters. The third kappa shape index (κ3) is 7.31. The van der Waals surface area contributed by atoms with E-state index >= 15 is 0 Å². The van der Waals surface area contributed by atoms with Crippen LogP contribution in [-0.4, -0.2) is 70.9 Å². The Morgan fingerprint density at radius 2 is 1.82 bits per heavy atom. The SMILES string of the molecule is COCCOc1ccc2c(c1)nc(NCCCCNC(=O)C(NC(=O)C(C)(C)C)C(C)C)c1nnc(C)n12. The zero-order valence-electron chi connectivity index (χ0n) is 23.6. The summed E-state index contributed by atoms with van der Waals surface area (Å²) in [5.74, 6) is 1.81. The molecule has 2 amide bonds. The molecule has 3 N–H and O–H groups in total. The van der Waals surface area contributed by atoms with E-state index in [1.165, 1.54) is 0 Å². The van der Waals surface area contributed by atoms with Crippen LogP contribution in [0.3, 0.4) is 0 Å². The van der Waals surface area contributed by atoms with Gasteiger partial charge in [-0.15, -0.1) is 10.2 Å². The summed E-state index contributed by atoms with van der Waals surface area (Å²) in [4.78, 5) is 29.8. The van der Waals surface area contributed by atoms with Crippen LogP contribution in [0, 0.1) is 18.3 Å². The summed E-state index contributed by atoms with van der Waals surface area (Å²) in [6.45, 7) is 13.4. The van der Waals surface area contributed by atoms with Gasteiger partial charge in [-0.25, -0.2) is 4.98 Å². The minimum absolute atomic E-state index is 0.0122. The average Bonchev–Trinajstić information content (AvgIpc) is 3.25. The number of ether oxygens (including phenoxy) is 2. The minimum atomic E-state index is -0.561. The molecule has 1 aromatic carbocycles. The number of methoxy groups -OCH3 is 1. The Hall–Kier alpha value is -3.47. The van der Waals surface area contributed by atoms with Gasteiger partial charge in [0.1, 0.15) is 24.2 Å². The number of nitrogens with one attached hydrogen (secondary N) is 3. The van der Waals surface area contributed by atoms with Crippen LogP contribution in [0.25, 0.3) is 16.7 Å². The molecule has 0 saturated heterocycles. The molecule has 11 nitrogen and oxygen atoms in total. The van der Waals surface area contributed by atoms with Crippen molar-refractivity contribution in [2.75, 3.05) is 38.7 Å². The van der Waals surface area contributed by atoms with Crippen molar-refractivity contribution in [1.29, 1.82) is 0 Å². The lowest BCUT2D eigenvalue weighted by Gasteiger charge is -2.26. The van der Waals surface area contributed by atoms with Crippen LogP contribution in [0.4, 0.5) is 5.82 Å². The number of nitrogens with zero attached hydrogens (tertiary/aromatic N) is 4. The lowest BCUT2D eigenvalue weighted by molar-refractivity contribution is -0.134. The van der Waals surface area contributed by atoms with Gasteiger partial charge in [-0.05, 0) is 37.8 Å². The Morgan fingerprint density at radius 3 is 2.50 bits per heavy atom. The zero-order valence-corrected chi connectivity index (χ0v) is 23.6. The summed E-state index contributed by atoms with van der Waals surface area (Å²) >= 11 is 0. The van der Waals surface area contributed by atoms with Gasteiger partial charge in [0.05, 0.1) is 17.6 Å². The number of hydrogen-bond donors (Lipinski definition) is 3. The van der Waals surface area contributed by atoms with Crippen molar-refractivity contribution in [3.05, 3.63) is 24.0 Å². The van der Waals surface area contributed by atoms with Crippen LogP contribution in [0.5, 0.6) is 5.75 Å². The Balaban J connectivity index is 1.57. The van der Waals surface area contributed by atoms with Gasteiger partial charge >= 0.3 is 0 Å². The molecule has 1 unspecified atom stereocenters. The summed E-state index contributed by atoms with van der Waals surface area (Å²) < 4.78 is 12.8. The number of aromatic nitrogens is 4. The van der Waals surface area contributed by atoms with Gasteiger partial charge < -0.3 is 25.4 Å². The molecule has 3 rings (SSSR count). The van der Waals surface area contributed by atoms with Crippen LogP contribution in [-0.2, 0) is 14.3 Å². The second kappa shape index (κ2) is 12.9. The van der Waals surface area contributed by atoms with Crippen molar-refractivity contribution < 1.29 is 19.1 Å². The van der Waals surface area contributed by atoms with E-state index in [4.69, 9.17) is 14.5 Å². The fourth-order valence-corrected chi connectivity index (χ4v) is 3.88. The van der Waals surface area contributed by atoms with E-state index < -0.39 is 11.5 Å². The van der Waals surface area contributed by atoms with Crippen LogP contribution in [0.1, 0.15) is 53.3 Å². The first-order valence-electron chi connectivity index (χ1n) is 13.1. The van der Waals surface area contributed by atoms with Gasteiger partial charge in [0.15, 0.2) is 5.82 Å². The Kier molecular flexibility index (Phi) is 9.84. The van der Waals surface area contributed by atoms with Crippen molar-refractivity contribution in [2.45, 2.75) is 60.4 Å². The number of fused-ring (bicyclic) bond motifs is 3. The van der Waals surface area contributed by atoms with Gasteiger partial charge in [-0.3, -0.25) is 14.0 Å². The van der Waals surface area contributed by atoms with Crippen LogP contribution < -0.4 is 20.7 Å². The molecule has 0 spiro atoms. The van der Waals surface area contributed by atoms with E-state index in [1.807, 2.05) is 64.1 Å². The van der Waals surface area contributed by atoms with Gasteiger partial charge in [-0.2, -0.15) is 0 Å². The van der Waals surface area contributed by atoms with Crippen molar-refractivity contribution in [3.63, 3.8) is 0 Å². The fraction of sp³-hybridized carbons (Fsp3) is 0.593. The molecule has 0 bridgehead atoms. The highest BCUT2D eigenvalue weighted by molar-refractivity contribution is 5.89. The average molecular weight is 528 g/mol. The van der Waals surface area contributed by atoms with Crippen LogP contribution >= 0.6 is 0 Å². The third-order valence-corrected chi connectivity index (χ3v) is 6.13. The largest absolute Gasteiger partial charge is 0.491 e. The van der Waals surface area contributed by atoms with E-state index in [0.29, 0.717) is 43.5 Å². The number of aryl methyl sites for hydroxylation is 1. The molecule has 0 aliphatic heterocycles.